The Hall–Kier alpha value is -1.97. The summed E-state index contributed by atoms with van der Waals surface area (Å²) in [5, 5.41) is 0. The molecule has 2 rings (SSSR count). The molecule has 1 heterocycles. The van der Waals surface area contributed by atoms with Crippen LogP contribution in [0, 0.1) is 5.92 Å². The summed E-state index contributed by atoms with van der Waals surface area (Å²) in [6, 6.07) is 6.12. The minimum Gasteiger partial charge on any atom is -0.495 e. The monoisotopic (exact) mass is 303 g/mol. The van der Waals surface area contributed by atoms with Gasteiger partial charge in [0.05, 0.1) is 25.3 Å². The molecule has 0 bridgehead atoms. The smallest absolute Gasteiger partial charge is 0.309 e. The lowest BCUT2D eigenvalue weighted by Crippen LogP contribution is -2.37. The van der Waals surface area contributed by atoms with Crippen LogP contribution in [0.4, 0.5) is 5.69 Å². The number of hydrogen-bond donors (Lipinski definition) is 0. The van der Waals surface area contributed by atoms with Crippen molar-refractivity contribution in [3.8, 4) is 5.75 Å². The fourth-order valence-corrected chi connectivity index (χ4v) is 2.82. The van der Waals surface area contributed by atoms with E-state index in [1.54, 1.807) is 7.11 Å². The number of benzene rings is 1. The molecule has 1 aliphatic heterocycles. The summed E-state index contributed by atoms with van der Waals surface area (Å²) >= 11 is 0. The lowest BCUT2D eigenvalue weighted by molar-refractivity contribution is -0.148. The highest BCUT2D eigenvalue weighted by Gasteiger charge is 2.27. The van der Waals surface area contributed by atoms with E-state index >= 15 is 0 Å². The van der Waals surface area contributed by atoms with Gasteiger partial charge in [0.15, 0.2) is 0 Å². The molecule has 0 saturated carbocycles. The normalized spacial score (nSPS) is 15.5. The lowest BCUT2D eigenvalue weighted by atomic mass is 9.96. The molecular weight excluding hydrogens is 278 g/mol. The molecule has 4 nitrogen and oxygen atoms in total. The maximum absolute atomic E-state index is 11.8. The Kier molecular flexibility index (Phi) is 5.47. The summed E-state index contributed by atoms with van der Waals surface area (Å²) < 4.78 is 10.6. The van der Waals surface area contributed by atoms with E-state index in [0.717, 1.165) is 48.5 Å². The molecular formula is C18H25NO3. The summed E-state index contributed by atoms with van der Waals surface area (Å²) in [4.78, 5) is 14.1. The predicted octanol–water partition coefficient (Wildman–Crippen LogP) is 3.51. The Morgan fingerprint density at radius 2 is 2.05 bits per heavy atom. The highest BCUT2D eigenvalue weighted by Crippen LogP contribution is 2.34. The minimum atomic E-state index is -0.0650. The number of allylic oxidation sites excluding steroid dienone is 1. The highest BCUT2D eigenvalue weighted by atomic mass is 16.5. The second-order valence-electron chi connectivity index (χ2n) is 5.68. The van der Waals surface area contributed by atoms with Gasteiger partial charge in [0.25, 0.3) is 0 Å². The number of carbonyl (C=O) groups excluding carboxylic acids is 1. The molecule has 0 spiro atoms. The van der Waals surface area contributed by atoms with Crippen LogP contribution in [0.2, 0.25) is 0 Å². The molecule has 0 aliphatic carbocycles. The second-order valence-corrected chi connectivity index (χ2v) is 5.68. The average molecular weight is 303 g/mol. The van der Waals surface area contributed by atoms with Gasteiger partial charge in [0.1, 0.15) is 5.75 Å². The molecule has 1 saturated heterocycles. The number of methoxy groups -OCH3 is 1. The van der Waals surface area contributed by atoms with E-state index in [1.807, 2.05) is 26.0 Å². The van der Waals surface area contributed by atoms with Crippen molar-refractivity contribution in [3.05, 3.63) is 30.3 Å². The third kappa shape index (κ3) is 3.62. The van der Waals surface area contributed by atoms with Gasteiger partial charge in [0.2, 0.25) is 0 Å². The fraction of sp³-hybridized carbons (Fsp3) is 0.500. The van der Waals surface area contributed by atoms with Crippen LogP contribution in [0.1, 0.15) is 32.3 Å². The van der Waals surface area contributed by atoms with E-state index in [9.17, 15) is 4.79 Å². The van der Waals surface area contributed by atoms with Crippen molar-refractivity contribution >= 4 is 17.2 Å². The molecule has 120 valence electrons. The Morgan fingerprint density at radius 3 is 2.59 bits per heavy atom. The van der Waals surface area contributed by atoms with Crippen LogP contribution >= 0.6 is 0 Å². The first kappa shape index (κ1) is 16.4. The third-order valence-corrected chi connectivity index (χ3v) is 4.13. The van der Waals surface area contributed by atoms with Gasteiger partial charge in [-0.1, -0.05) is 18.2 Å². The van der Waals surface area contributed by atoms with E-state index in [4.69, 9.17) is 9.47 Å². The number of esters is 1. The quantitative estimate of drug-likeness (QED) is 0.780. The Bertz CT molecular complexity index is 545. The molecule has 22 heavy (non-hydrogen) atoms. The van der Waals surface area contributed by atoms with Crippen LogP contribution in [-0.2, 0) is 9.53 Å². The molecule has 1 fully saturated rings. The number of anilines is 1. The third-order valence-electron chi connectivity index (χ3n) is 4.13. The van der Waals surface area contributed by atoms with Crippen molar-refractivity contribution in [2.24, 2.45) is 5.92 Å². The Labute approximate surface area is 132 Å². The molecule has 0 unspecified atom stereocenters. The number of piperidine rings is 1. The zero-order valence-electron chi connectivity index (χ0n) is 13.7. The predicted molar refractivity (Wildman–Crippen MR) is 89.3 cm³/mol. The van der Waals surface area contributed by atoms with Crippen LogP contribution < -0.4 is 9.64 Å². The van der Waals surface area contributed by atoms with Gasteiger partial charge >= 0.3 is 5.97 Å². The largest absolute Gasteiger partial charge is 0.495 e. The van der Waals surface area contributed by atoms with Crippen LogP contribution in [0.15, 0.2) is 24.8 Å². The van der Waals surface area contributed by atoms with Crippen LogP contribution in [-0.4, -0.2) is 32.8 Å². The van der Waals surface area contributed by atoms with Gasteiger partial charge in [-0.25, -0.2) is 0 Å². The summed E-state index contributed by atoms with van der Waals surface area (Å²) in [7, 11) is 1.69. The molecule has 1 aromatic carbocycles. The number of nitrogens with zero attached hydrogens (tertiary/aromatic N) is 1. The van der Waals surface area contributed by atoms with E-state index in [2.05, 4.69) is 17.5 Å². The average Bonchev–Trinajstić information content (AvgIpc) is 2.54. The zero-order valence-corrected chi connectivity index (χ0v) is 13.7. The van der Waals surface area contributed by atoms with Crippen molar-refractivity contribution in [2.45, 2.75) is 26.7 Å². The van der Waals surface area contributed by atoms with Crippen molar-refractivity contribution < 1.29 is 14.3 Å². The number of rotatable bonds is 5. The number of ether oxygens (including phenoxy) is 2. The van der Waals surface area contributed by atoms with Crippen molar-refractivity contribution in [3.63, 3.8) is 0 Å². The molecule has 1 aromatic rings. The van der Waals surface area contributed by atoms with Gasteiger partial charge in [-0.15, -0.1) is 0 Å². The van der Waals surface area contributed by atoms with Gasteiger partial charge in [-0.05, 0) is 44.4 Å². The van der Waals surface area contributed by atoms with E-state index in [0.29, 0.717) is 6.61 Å². The summed E-state index contributed by atoms with van der Waals surface area (Å²) in [6.07, 6.45) is 1.64. The first-order chi connectivity index (χ1) is 10.6. The fourth-order valence-electron chi connectivity index (χ4n) is 2.82. The van der Waals surface area contributed by atoms with Crippen LogP contribution in [0.3, 0.4) is 0 Å². The zero-order chi connectivity index (χ0) is 16.1. The van der Waals surface area contributed by atoms with Crippen molar-refractivity contribution in [1.82, 2.24) is 0 Å². The second kappa shape index (κ2) is 7.34. The number of carbonyl (C=O) groups is 1. The van der Waals surface area contributed by atoms with E-state index < -0.39 is 0 Å². The maximum atomic E-state index is 11.8. The lowest BCUT2D eigenvalue weighted by Gasteiger charge is -2.33. The molecule has 0 amide bonds. The van der Waals surface area contributed by atoms with Crippen molar-refractivity contribution in [1.29, 1.82) is 0 Å². The Morgan fingerprint density at radius 1 is 1.36 bits per heavy atom. The maximum Gasteiger partial charge on any atom is 0.309 e. The SMILES string of the molecule is C=C(C)c1ccc(OC)c(N2CCC(C(=O)OCC)CC2)c1. The van der Waals surface area contributed by atoms with E-state index in [1.165, 1.54) is 0 Å². The molecule has 1 aliphatic rings. The minimum absolute atomic E-state index is 0.0199. The van der Waals surface area contributed by atoms with Crippen molar-refractivity contribution in [2.75, 3.05) is 31.7 Å². The van der Waals surface area contributed by atoms with Gasteiger partial charge in [-0.3, -0.25) is 4.79 Å². The summed E-state index contributed by atoms with van der Waals surface area (Å²) in [6.45, 7) is 9.97. The first-order valence-electron chi connectivity index (χ1n) is 7.82. The highest BCUT2D eigenvalue weighted by molar-refractivity contribution is 5.74. The topological polar surface area (TPSA) is 38.8 Å². The van der Waals surface area contributed by atoms with Gasteiger partial charge < -0.3 is 14.4 Å². The molecule has 0 aromatic heterocycles. The van der Waals surface area contributed by atoms with Gasteiger partial charge in [0, 0.05) is 13.1 Å². The standard InChI is InChI=1S/C18H25NO3/c1-5-22-18(20)14-8-10-19(11-9-14)16-12-15(13(2)3)6-7-17(16)21-4/h6-7,12,14H,2,5,8-11H2,1,3-4H3. The van der Waals surface area contributed by atoms with Gasteiger partial charge in [-0.2, -0.15) is 0 Å². The summed E-state index contributed by atoms with van der Waals surface area (Å²) in [5.41, 5.74) is 3.22. The molecule has 0 atom stereocenters. The first-order valence-corrected chi connectivity index (χ1v) is 7.82. The number of hydrogen-bond acceptors (Lipinski definition) is 4. The molecule has 0 radical (unpaired) electrons. The van der Waals surface area contributed by atoms with E-state index in [-0.39, 0.29) is 11.9 Å². The van der Waals surface area contributed by atoms with Crippen LogP contribution in [0.25, 0.3) is 5.57 Å². The molecule has 4 heteroatoms. The van der Waals surface area contributed by atoms with Crippen LogP contribution in [0.5, 0.6) is 5.75 Å². The summed E-state index contributed by atoms with van der Waals surface area (Å²) in [5.74, 6) is 0.816. The molecule has 0 N–H and O–H groups in total. The Balaban J connectivity index is 2.11.